The molecule has 0 radical (unpaired) electrons. The predicted octanol–water partition coefficient (Wildman–Crippen LogP) is 3.16. The minimum atomic E-state index is 0.270. The van der Waals surface area contributed by atoms with Crippen LogP contribution in [0.15, 0.2) is 24.7 Å². The van der Waals surface area contributed by atoms with Gasteiger partial charge in [-0.1, -0.05) is 0 Å². The van der Waals surface area contributed by atoms with Crippen LogP contribution in [0, 0.1) is 5.92 Å². The summed E-state index contributed by atoms with van der Waals surface area (Å²) in [5.41, 5.74) is 1.05. The number of anilines is 1. The average molecular weight is 254 g/mol. The molecule has 2 aromatic heterocycles. The maximum Gasteiger partial charge on any atom is 0.164 e. The first-order chi connectivity index (χ1) is 9.35. The van der Waals surface area contributed by atoms with Gasteiger partial charge in [0.05, 0.1) is 5.39 Å². The third-order valence-corrected chi connectivity index (χ3v) is 4.89. The van der Waals surface area contributed by atoms with Crippen LogP contribution < -0.4 is 5.32 Å². The summed E-state index contributed by atoms with van der Waals surface area (Å²) in [5, 5.41) is 4.77. The molecule has 3 aliphatic rings. The van der Waals surface area contributed by atoms with Gasteiger partial charge < -0.3 is 5.32 Å². The molecule has 0 amide bonds. The molecule has 1 N–H and O–H groups in total. The number of nitrogens with zero attached hydrogens (tertiary/aromatic N) is 3. The van der Waals surface area contributed by atoms with Gasteiger partial charge in [-0.2, -0.15) is 0 Å². The number of rotatable bonds is 2. The Bertz CT molecular complexity index is 583. The maximum absolute atomic E-state index is 4.45. The second-order valence-corrected chi connectivity index (χ2v) is 5.98. The standard InChI is InChI=1S/C15H18N4/c1-2-12-13(16-9-1)17-10-18-14(12)19-15-6-3-11(4-7-15)5-8-15/h1-2,9-11H,3-8H2,(H,16,17,18,19). The number of hydrogen-bond donors (Lipinski definition) is 1. The van der Waals surface area contributed by atoms with E-state index >= 15 is 0 Å². The molecule has 2 aromatic rings. The van der Waals surface area contributed by atoms with Crippen LogP contribution in [-0.2, 0) is 0 Å². The number of fused-ring (bicyclic) bond motifs is 4. The molecule has 98 valence electrons. The molecule has 3 aliphatic carbocycles. The Balaban J connectivity index is 1.71. The predicted molar refractivity (Wildman–Crippen MR) is 74.9 cm³/mol. The summed E-state index contributed by atoms with van der Waals surface area (Å²) in [4.78, 5) is 13.0. The number of nitrogens with one attached hydrogen (secondary N) is 1. The van der Waals surface area contributed by atoms with Crippen molar-refractivity contribution in [3.63, 3.8) is 0 Å². The summed E-state index contributed by atoms with van der Waals surface area (Å²) in [6.45, 7) is 0. The summed E-state index contributed by atoms with van der Waals surface area (Å²) in [7, 11) is 0. The van der Waals surface area contributed by atoms with Gasteiger partial charge in [-0.3, -0.25) is 0 Å². The van der Waals surface area contributed by atoms with Crippen LogP contribution in [0.1, 0.15) is 38.5 Å². The zero-order valence-electron chi connectivity index (χ0n) is 11.0. The molecule has 3 fully saturated rings. The van der Waals surface area contributed by atoms with Crippen molar-refractivity contribution >= 4 is 16.9 Å². The third kappa shape index (κ3) is 1.86. The Labute approximate surface area is 112 Å². The van der Waals surface area contributed by atoms with Gasteiger partial charge in [-0.25, -0.2) is 15.0 Å². The summed E-state index contributed by atoms with van der Waals surface area (Å²) in [6.07, 6.45) is 11.3. The van der Waals surface area contributed by atoms with Crippen molar-refractivity contribution in [2.45, 2.75) is 44.1 Å². The van der Waals surface area contributed by atoms with E-state index in [0.717, 1.165) is 22.8 Å². The third-order valence-electron chi connectivity index (χ3n) is 4.89. The van der Waals surface area contributed by atoms with Crippen LogP contribution in [0.25, 0.3) is 11.0 Å². The first-order valence-corrected chi connectivity index (χ1v) is 7.19. The molecule has 5 rings (SSSR count). The van der Waals surface area contributed by atoms with E-state index in [9.17, 15) is 0 Å². The van der Waals surface area contributed by atoms with Gasteiger partial charge >= 0.3 is 0 Å². The van der Waals surface area contributed by atoms with Gasteiger partial charge in [-0.05, 0) is 56.6 Å². The van der Waals surface area contributed by atoms with Crippen LogP contribution in [0.4, 0.5) is 5.82 Å². The summed E-state index contributed by atoms with van der Waals surface area (Å²) in [5.74, 6) is 1.94. The van der Waals surface area contributed by atoms with E-state index in [1.165, 1.54) is 38.5 Å². The maximum atomic E-state index is 4.45. The van der Waals surface area contributed by atoms with E-state index < -0.39 is 0 Å². The fourth-order valence-corrected chi connectivity index (χ4v) is 3.68. The molecule has 2 bridgehead atoms. The van der Waals surface area contributed by atoms with Crippen LogP contribution in [0.3, 0.4) is 0 Å². The van der Waals surface area contributed by atoms with E-state index in [2.05, 4.69) is 26.3 Å². The average Bonchev–Trinajstić information content (AvgIpc) is 2.49. The monoisotopic (exact) mass is 254 g/mol. The van der Waals surface area contributed by atoms with E-state index in [1.807, 2.05) is 6.07 Å². The molecule has 4 nitrogen and oxygen atoms in total. The molecular weight excluding hydrogens is 236 g/mol. The second-order valence-electron chi connectivity index (χ2n) is 5.98. The Morgan fingerprint density at radius 1 is 1.05 bits per heavy atom. The van der Waals surface area contributed by atoms with Gasteiger partial charge in [0.1, 0.15) is 12.1 Å². The lowest BCUT2D eigenvalue weighted by molar-refractivity contribution is 0.158. The van der Waals surface area contributed by atoms with Crippen molar-refractivity contribution in [3.05, 3.63) is 24.7 Å². The lowest BCUT2D eigenvalue weighted by Gasteiger charge is -2.47. The smallest absolute Gasteiger partial charge is 0.164 e. The quantitative estimate of drug-likeness (QED) is 0.894. The van der Waals surface area contributed by atoms with E-state index in [0.29, 0.717) is 0 Å². The second kappa shape index (κ2) is 4.15. The topological polar surface area (TPSA) is 50.7 Å². The van der Waals surface area contributed by atoms with Crippen molar-refractivity contribution in [1.82, 2.24) is 15.0 Å². The minimum absolute atomic E-state index is 0.270. The summed E-state index contributed by atoms with van der Waals surface area (Å²) < 4.78 is 0. The molecule has 0 aliphatic heterocycles. The molecule has 0 atom stereocenters. The molecule has 0 aromatic carbocycles. The Hall–Kier alpha value is -1.71. The Morgan fingerprint density at radius 2 is 1.84 bits per heavy atom. The van der Waals surface area contributed by atoms with Gasteiger partial charge in [0.25, 0.3) is 0 Å². The molecule has 0 saturated heterocycles. The lowest BCUT2D eigenvalue weighted by Crippen LogP contribution is -2.46. The zero-order chi connectivity index (χ0) is 12.7. The van der Waals surface area contributed by atoms with Crippen LogP contribution in [0.5, 0.6) is 0 Å². The minimum Gasteiger partial charge on any atom is -0.364 e. The molecule has 3 saturated carbocycles. The molecule has 0 spiro atoms. The highest BCUT2D eigenvalue weighted by atomic mass is 15.1. The van der Waals surface area contributed by atoms with Gasteiger partial charge in [0.15, 0.2) is 5.65 Å². The number of aromatic nitrogens is 3. The molecule has 19 heavy (non-hydrogen) atoms. The van der Waals surface area contributed by atoms with Gasteiger partial charge in [0.2, 0.25) is 0 Å². The molecule has 4 heteroatoms. The molecule has 2 heterocycles. The van der Waals surface area contributed by atoms with Crippen LogP contribution >= 0.6 is 0 Å². The highest BCUT2D eigenvalue weighted by Crippen LogP contribution is 2.46. The zero-order valence-corrected chi connectivity index (χ0v) is 11.0. The van der Waals surface area contributed by atoms with Crippen molar-refractivity contribution in [2.24, 2.45) is 5.92 Å². The normalized spacial score (nSPS) is 29.6. The van der Waals surface area contributed by atoms with Crippen molar-refractivity contribution in [1.29, 1.82) is 0 Å². The van der Waals surface area contributed by atoms with Crippen LogP contribution in [-0.4, -0.2) is 20.5 Å². The summed E-state index contributed by atoms with van der Waals surface area (Å²) in [6, 6.07) is 4.00. The fourth-order valence-electron chi connectivity index (χ4n) is 3.68. The largest absolute Gasteiger partial charge is 0.364 e. The van der Waals surface area contributed by atoms with Crippen LogP contribution in [0.2, 0.25) is 0 Å². The van der Waals surface area contributed by atoms with Crippen molar-refractivity contribution in [2.75, 3.05) is 5.32 Å². The highest BCUT2D eigenvalue weighted by molar-refractivity contribution is 5.86. The first kappa shape index (κ1) is 11.1. The molecular formula is C15H18N4. The Morgan fingerprint density at radius 3 is 2.63 bits per heavy atom. The van der Waals surface area contributed by atoms with E-state index in [4.69, 9.17) is 0 Å². The van der Waals surface area contributed by atoms with E-state index in [1.54, 1.807) is 12.5 Å². The Kier molecular flexibility index (Phi) is 2.43. The van der Waals surface area contributed by atoms with E-state index in [-0.39, 0.29) is 5.54 Å². The number of hydrogen-bond acceptors (Lipinski definition) is 4. The van der Waals surface area contributed by atoms with Gasteiger partial charge in [-0.15, -0.1) is 0 Å². The highest BCUT2D eigenvalue weighted by Gasteiger charge is 2.40. The van der Waals surface area contributed by atoms with Gasteiger partial charge in [0, 0.05) is 11.7 Å². The summed E-state index contributed by atoms with van der Waals surface area (Å²) >= 11 is 0. The first-order valence-electron chi connectivity index (χ1n) is 7.19. The molecule has 0 unspecified atom stereocenters. The van der Waals surface area contributed by atoms with Crippen molar-refractivity contribution < 1.29 is 0 Å². The fraction of sp³-hybridized carbons (Fsp3) is 0.533. The number of pyridine rings is 1. The lowest BCUT2D eigenvalue weighted by atomic mass is 9.66. The van der Waals surface area contributed by atoms with Crippen molar-refractivity contribution in [3.8, 4) is 0 Å². The SMILES string of the molecule is c1cnc2ncnc(NC34CCC(CC3)CC4)c2c1.